The van der Waals surface area contributed by atoms with Crippen molar-refractivity contribution in [2.45, 2.75) is 20.0 Å². The summed E-state index contributed by atoms with van der Waals surface area (Å²) in [5, 5.41) is 0. The third-order valence-corrected chi connectivity index (χ3v) is 4.18. The van der Waals surface area contributed by atoms with Gasteiger partial charge in [0.2, 0.25) is 0 Å². The molecule has 0 spiro atoms. The van der Waals surface area contributed by atoms with Crippen LogP contribution in [0.2, 0.25) is 0 Å². The van der Waals surface area contributed by atoms with Gasteiger partial charge in [-0.1, -0.05) is 42.0 Å². The Kier molecular flexibility index (Phi) is 4.85. The van der Waals surface area contributed by atoms with E-state index in [1.807, 2.05) is 0 Å². The molecule has 0 amide bonds. The van der Waals surface area contributed by atoms with Gasteiger partial charge in [-0.3, -0.25) is 0 Å². The molecule has 100 valence electrons. The molecular weight excluding hydrogens is 324 g/mol. The molecule has 1 aromatic carbocycles. The van der Waals surface area contributed by atoms with Crippen LogP contribution >= 0.6 is 28.1 Å². The molecule has 0 fully saturated rings. The number of hydrogen-bond donors (Lipinski definition) is 1. The van der Waals surface area contributed by atoms with Crippen molar-refractivity contribution in [1.29, 1.82) is 0 Å². The summed E-state index contributed by atoms with van der Waals surface area (Å²) in [4.78, 5) is 7.66. The summed E-state index contributed by atoms with van der Waals surface area (Å²) in [6.45, 7) is 2.56. The Bertz CT molecular complexity index is 622. The van der Waals surface area contributed by atoms with E-state index in [1.54, 1.807) is 7.11 Å². The fourth-order valence-corrected chi connectivity index (χ4v) is 2.32. The lowest BCUT2D eigenvalue weighted by atomic mass is 10.1. The fourth-order valence-electron chi connectivity index (χ4n) is 1.78. The standard InChI is InChI=1S/C14H15BrN2OS/c1-9-3-5-10(6-4-9)7-12-16-11(8-18-2)13(15)14(19)17-12/h3-6H,7-8H2,1-2H3,(H,16,17,19). The average Bonchev–Trinajstić information content (AvgIpc) is 2.38. The highest BCUT2D eigenvalue weighted by molar-refractivity contribution is 9.10. The maximum absolute atomic E-state index is 5.25. The van der Waals surface area contributed by atoms with E-state index in [1.165, 1.54) is 11.1 Å². The van der Waals surface area contributed by atoms with Gasteiger partial charge in [0.25, 0.3) is 0 Å². The Morgan fingerprint density at radius 3 is 2.63 bits per heavy atom. The average molecular weight is 339 g/mol. The van der Waals surface area contributed by atoms with Crippen molar-refractivity contribution in [1.82, 2.24) is 9.97 Å². The second-order valence-corrected chi connectivity index (χ2v) is 5.56. The summed E-state index contributed by atoms with van der Waals surface area (Å²) in [5.74, 6) is 0.851. The molecule has 0 saturated heterocycles. The fraction of sp³-hybridized carbons (Fsp3) is 0.286. The summed E-state index contributed by atoms with van der Waals surface area (Å²) in [6, 6.07) is 8.40. The van der Waals surface area contributed by atoms with Gasteiger partial charge in [-0.05, 0) is 28.4 Å². The maximum atomic E-state index is 5.25. The minimum atomic E-state index is 0.480. The zero-order chi connectivity index (χ0) is 13.8. The molecule has 0 bridgehead atoms. The zero-order valence-corrected chi connectivity index (χ0v) is 13.3. The number of benzene rings is 1. The zero-order valence-electron chi connectivity index (χ0n) is 10.9. The summed E-state index contributed by atoms with van der Waals surface area (Å²) < 4.78 is 6.51. The highest BCUT2D eigenvalue weighted by Gasteiger charge is 2.07. The molecule has 0 atom stereocenters. The van der Waals surface area contributed by atoms with Crippen LogP contribution < -0.4 is 0 Å². The lowest BCUT2D eigenvalue weighted by Crippen LogP contribution is -2.03. The molecule has 1 aromatic heterocycles. The minimum Gasteiger partial charge on any atom is -0.378 e. The first kappa shape index (κ1) is 14.4. The highest BCUT2D eigenvalue weighted by Crippen LogP contribution is 2.17. The van der Waals surface area contributed by atoms with Crippen LogP contribution in [-0.2, 0) is 17.8 Å². The van der Waals surface area contributed by atoms with Gasteiger partial charge in [0.05, 0.1) is 16.8 Å². The number of halogens is 1. The number of nitrogens with one attached hydrogen (secondary N) is 1. The Labute approximate surface area is 126 Å². The molecule has 5 heteroatoms. The monoisotopic (exact) mass is 338 g/mol. The Morgan fingerprint density at radius 2 is 2.00 bits per heavy atom. The molecule has 2 aromatic rings. The van der Waals surface area contributed by atoms with Gasteiger partial charge in [0, 0.05) is 13.5 Å². The number of rotatable bonds is 4. The second kappa shape index (κ2) is 6.41. The summed E-state index contributed by atoms with van der Waals surface area (Å²) in [7, 11) is 1.66. The van der Waals surface area contributed by atoms with Crippen molar-refractivity contribution >= 4 is 28.1 Å². The topological polar surface area (TPSA) is 37.9 Å². The number of nitrogens with zero attached hydrogens (tertiary/aromatic N) is 1. The molecule has 0 aliphatic rings. The first-order chi connectivity index (χ1) is 9.10. The van der Waals surface area contributed by atoms with Gasteiger partial charge in [-0.25, -0.2) is 4.98 Å². The lowest BCUT2D eigenvalue weighted by Gasteiger charge is -2.08. The molecular formula is C14H15BrN2OS. The van der Waals surface area contributed by atoms with Crippen LogP contribution in [0, 0.1) is 11.6 Å². The molecule has 3 nitrogen and oxygen atoms in total. The third kappa shape index (κ3) is 3.72. The van der Waals surface area contributed by atoms with Crippen molar-refractivity contribution in [3.63, 3.8) is 0 Å². The molecule has 2 rings (SSSR count). The number of aromatic nitrogens is 2. The van der Waals surface area contributed by atoms with Crippen molar-refractivity contribution in [2.24, 2.45) is 0 Å². The Hall–Kier alpha value is -1.04. The molecule has 0 saturated carbocycles. The van der Waals surface area contributed by atoms with Gasteiger partial charge in [-0.15, -0.1) is 0 Å². The molecule has 0 aliphatic heterocycles. The smallest absolute Gasteiger partial charge is 0.144 e. The van der Waals surface area contributed by atoms with Gasteiger partial charge in [0.1, 0.15) is 10.5 Å². The van der Waals surface area contributed by atoms with Crippen LogP contribution in [0.25, 0.3) is 0 Å². The van der Waals surface area contributed by atoms with Crippen LogP contribution in [0.4, 0.5) is 0 Å². The number of hydrogen-bond acceptors (Lipinski definition) is 3. The predicted octanol–water partition coefficient (Wildman–Crippen LogP) is 3.95. The van der Waals surface area contributed by atoms with Crippen LogP contribution in [0.1, 0.15) is 22.6 Å². The SMILES string of the molecule is COCc1[nH]c(Cc2ccc(C)cc2)nc(=S)c1Br. The highest BCUT2D eigenvalue weighted by atomic mass is 79.9. The van der Waals surface area contributed by atoms with Crippen molar-refractivity contribution in [2.75, 3.05) is 7.11 Å². The summed E-state index contributed by atoms with van der Waals surface area (Å²) in [5.41, 5.74) is 3.37. The number of aryl methyl sites for hydroxylation is 1. The minimum absolute atomic E-state index is 0.480. The molecule has 1 heterocycles. The maximum Gasteiger partial charge on any atom is 0.144 e. The van der Waals surface area contributed by atoms with E-state index < -0.39 is 0 Å². The quantitative estimate of drug-likeness (QED) is 0.857. The van der Waals surface area contributed by atoms with Gasteiger partial charge < -0.3 is 9.72 Å². The summed E-state index contributed by atoms with van der Waals surface area (Å²) in [6.07, 6.45) is 0.730. The lowest BCUT2D eigenvalue weighted by molar-refractivity contribution is 0.180. The molecule has 1 N–H and O–H groups in total. The first-order valence-corrected chi connectivity index (χ1v) is 7.12. The Morgan fingerprint density at radius 1 is 1.32 bits per heavy atom. The second-order valence-electron chi connectivity index (χ2n) is 4.38. The van der Waals surface area contributed by atoms with Crippen LogP contribution in [0.3, 0.4) is 0 Å². The first-order valence-electron chi connectivity index (χ1n) is 5.92. The molecule has 19 heavy (non-hydrogen) atoms. The number of ether oxygens (including phenoxy) is 1. The van der Waals surface area contributed by atoms with Crippen LogP contribution in [-0.4, -0.2) is 17.1 Å². The number of methoxy groups -OCH3 is 1. The molecule has 0 unspecified atom stereocenters. The largest absolute Gasteiger partial charge is 0.378 e. The van der Waals surface area contributed by atoms with E-state index >= 15 is 0 Å². The van der Waals surface area contributed by atoms with Crippen molar-refractivity contribution in [3.05, 3.63) is 56.0 Å². The number of H-pyrrole nitrogens is 1. The van der Waals surface area contributed by atoms with Crippen molar-refractivity contribution in [3.8, 4) is 0 Å². The van der Waals surface area contributed by atoms with E-state index in [0.717, 1.165) is 22.4 Å². The summed E-state index contributed by atoms with van der Waals surface area (Å²) >= 11 is 8.68. The van der Waals surface area contributed by atoms with Gasteiger partial charge in [-0.2, -0.15) is 0 Å². The van der Waals surface area contributed by atoms with E-state index in [-0.39, 0.29) is 0 Å². The third-order valence-electron chi connectivity index (χ3n) is 2.77. The van der Waals surface area contributed by atoms with Gasteiger partial charge in [0.15, 0.2) is 0 Å². The normalized spacial score (nSPS) is 10.7. The van der Waals surface area contributed by atoms with E-state index in [0.29, 0.717) is 11.2 Å². The van der Waals surface area contributed by atoms with Gasteiger partial charge >= 0.3 is 0 Å². The van der Waals surface area contributed by atoms with E-state index in [2.05, 4.69) is 57.1 Å². The van der Waals surface area contributed by atoms with Crippen LogP contribution in [0.15, 0.2) is 28.7 Å². The van der Waals surface area contributed by atoms with Crippen LogP contribution in [0.5, 0.6) is 0 Å². The van der Waals surface area contributed by atoms with E-state index in [4.69, 9.17) is 17.0 Å². The molecule has 0 aliphatic carbocycles. The van der Waals surface area contributed by atoms with E-state index in [9.17, 15) is 0 Å². The van der Waals surface area contributed by atoms with Crippen molar-refractivity contribution < 1.29 is 4.74 Å². The predicted molar refractivity (Wildman–Crippen MR) is 81.8 cm³/mol. The molecule has 0 radical (unpaired) electrons. The Balaban J connectivity index is 2.30. The number of aromatic amines is 1.